The number of amides is 2. The molecule has 1 aliphatic heterocycles. The van der Waals surface area contributed by atoms with E-state index in [0.717, 1.165) is 11.5 Å². The average molecular weight is 216 g/mol. The van der Waals surface area contributed by atoms with E-state index >= 15 is 0 Å². The smallest absolute Gasteiger partial charge is 0.240 e. The Balaban J connectivity index is 2.42. The van der Waals surface area contributed by atoms with Gasteiger partial charge >= 0.3 is 0 Å². The standard InChI is InChI=1S/C9H16N2O2S/c1-3-14-6-7(2)11-4-8(12)10-9(13)5-11/h7H,3-6H2,1-2H3,(H,10,12,13). The SMILES string of the molecule is CCSCC(C)N1CC(=O)NC(=O)C1. The maximum absolute atomic E-state index is 11.1. The fourth-order valence-electron chi connectivity index (χ4n) is 1.36. The lowest BCUT2D eigenvalue weighted by Gasteiger charge is -2.30. The highest BCUT2D eigenvalue weighted by Gasteiger charge is 2.25. The molecule has 14 heavy (non-hydrogen) atoms. The number of rotatable bonds is 4. The fourth-order valence-corrected chi connectivity index (χ4v) is 2.15. The highest BCUT2D eigenvalue weighted by molar-refractivity contribution is 7.99. The van der Waals surface area contributed by atoms with Gasteiger partial charge in [-0.25, -0.2) is 0 Å². The maximum Gasteiger partial charge on any atom is 0.240 e. The molecule has 1 saturated heterocycles. The van der Waals surface area contributed by atoms with E-state index in [1.54, 1.807) is 0 Å². The van der Waals surface area contributed by atoms with Crippen LogP contribution in [0.25, 0.3) is 0 Å². The number of imide groups is 1. The lowest BCUT2D eigenvalue weighted by Crippen LogP contribution is -2.54. The zero-order valence-electron chi connectivity index (χ0n) is 8.58. The number of carbonyl (C=O) groups excluding carboxylic acids is 2. The van der Waals surface area contributed by atoms with Crippen molar-refractivity contribution >= 4 is 23.6 Å². The summed E-state index contributed by atoms with van der Waals surface area (Å²) in [5.41, 5.74) is 0. The van der Waals surface area contributed by atoms with Gasteiger partial charge in [-0.3, -0.25) is 19.8 Å². The van der Waals surface area contributed by atoms with Crippen molar-refractivity contribution in [3.05, 3.63) is 0 Å². The van der Waals surface area contributed by atoms with Crippen LogP contribution in [0, 0.1) is 0 Å². The topological polar surface area (TPSA) is 49.4 Å². The lowest BCUT2D eigenvalue weighted by atomic mass is 10.2. The predicted molar refractivity (Wildman–Crippen MR) is 57.2 cm³/mol. The molecule has 1 unspecified atom stereocenters. The van der Waals surface area contributed by atoms with Crippen LogP contribution in [0.1, 0.15) is 13.8 Å². The average Bonchev–Trinajstić information content (AvgIpc) is 2.12. The summed E-state index contributed by atoms with van der Waals surface area (Å²) in [4.78, 5) is 24.1. The van der Waals surface area contributed by atoms with E-state index in [1.807, 2.05) is 16.7 Å². The van der Waals surface area contributed by atoms with Crippen molar-refractivity contribution in [2.24, 2.45) is 0 Å². The Morgan fingerprint density at radius 1 is 1.43 bits per heavy atom. The molecule has 1 rings (SSSR count). The van der Waals surface area contributed by atoms with Gasteiger partial charge < -0.3 is 0 Å². The molecule has 0 radical (unpaired) electrons. The normalized spacial score (nSPS) is 20.7. The predicted octanol–water partition coefficient (Wildman–Crippen LogP) is 0.0864. The van der Waals surface area contributed by atoms with Crippen LogP contribution in [0.5, 0.6) is 0 Å². The van der Waals surface area contributed by atoms with E-state index in [1.165, 1.54) is 0 Å². The first kappa shape index (κ1) is 11.5. The summed E-state index contributed by atoms with van der Waals surface area (Å²) in [5, 5.41) is 2.29. The first-order valence-electron chi connectivity index (χ1n) is 4.78. The monoisotopic (exact) mass is 216 g/mol. The minimum absolute atomic E-state index is 0.186. The number of nitrogens with one attached hydrogen (secondary N) is 1. The Morgan fingerprint density at radius 2 is 2.00 bits per heavy atom. The van der Waals surface area contributed by atoms with Crippen molar-refractivity contribution in [1.82, 2.24) is 10.2 Å². The second kappa shape index (κ2) is 5.36. The highest BCUT2D eigenvalue weighted by atomic mass is 32.2. The first-order chi connectivity index (χ1) is 6.63. The van der Waals surface area contributed by atoms with E-state index in [-0.39, 0.29) is 17.9 Å². The van der Waals surface area contributed by atoms with Gasteiger partial charge in [0.2, 0.25) is 11.8 Å². The lowest BCUT2D eigenvalue weighted by molar-refractivity contribution is -0.136. The molecule has 0 bridgehead atoms. The number of carbonyl (C=O) groups is 2. The second-order valence-electron chi connectivity index (χ2n) is 3.38. The van der Waals surface area contributed by atoms with Gasteiger partial charge in [-0.05, 0) is 12.7 Å². The summed E-state index contributed by atoms with van der Waals surface area (Å²) >= 11 is 1.83. The second-order valence-corrected chi connectivity index (χ2v) is 4.70. The molecule has 5 heteroatoms. The molecule has 1 aliphatic rings. The molecule has 0 spiro atoms. The fraction of sp³-hybridized carbons (Fsp3) is 0.778. The van der Waals surface area contributed by atoms with Crippen LogP contribution in [-0.4, -0.2) is 47.4 Å². The molecule has 0 aromatic heterocycles. The zero-order valence-corrected chi connectivity index (χ0v) is 9.39. The van der Waals surface area contributed by atoms with E-state index in [0.29, 0.717) is 13.1 Å². The molecular formula is C9H16N2O2S. The minimum Gasteiger partial charge on any atom is -0.294 e. The quantitative estimate of drug-likeness (QED) is 0.677. The van der Waals surface area contributed by atoms with Gasteiger partial charge in [0.15, 0.2) is 0 Å². The van der Waals surface area contributed by atoms with E-state index in [4.69, 9.17) is 0 Å². The number of hydrogen-bond donors (Lipinski definition) is 1. The van der Waals surface area contributed by atoms with Gasteiger partial charge in [-0.1, -0.05) is 6.92 Å². The van der Waals surface area contributed by atoms with E-state index in [9.17, 15) is 9.59 Å². The number of thioether (sulfide) groups is 1. The Hall–Kier alpha value is -0.550. The Bertz CT molecular complexity index is 217. The van der Waals surface area contributed by atoms with Gasteiger partial charge in [-0.2, -0.15) is 11.8 Å². The summed E-state index contributed by atoms with van der Waals surface area (Å²) < 4.78 is 0. The third-order valence-corrected chi connectivity index (χ3v) is 3.29. The Morgan fingerprint density at radius 3 is 2.50 bits per heavy atom. The van der Waals surface area contributed by atoms with Gasteiger partial charge in [0.05, 0.1) is 13.1 Å². The van der Waals surface area contributed by atoms with Crippen LogP contribution < -0.4 is 5.32 Å². The Labute approximate surface area is 88.4 Å². The molecular weight excluding hydrogens is 200 g/mol. The van der Waals surface area contributed by atoms with Crippen LogP contribution in [0.2, 0.25) is 0 Å². The Kier molecular flexibility index (Phi) is 4.41. The van der Waals surface area contributed by atoms with Crippen molar-refractivity contribution < 1.29 is 9.59 Å². The van der Waals surface area contributed by atoms with Crippen LogP contribution in [-0.2, 0) is 9.59 Å². The largest absolute Gasteiger partial charge is 0.294 e. The third kappa shape index (κ3) is 3.31. The molecule has 1 N–H and O–H groups in total. The van der Waals surface area contributed by atoms with Gasteiger partial charge in [0, 0.05) is 11.8 Å². The number of nitrogens with zero attached hydrogens (tertiary/aromatic N) is 1. The number of piperazine rings is 1. The molecule has 4 nitrogen and oxygen atoms in total. The van der Waals surface area contributed by atoms with Crippen molar-refractivity contribution in [1.29, 1.82) is 0 Å². The van der Waals surface area contributed by atoms with Crippen LogP contribution >= 0.6 is 11.8 Å². The van der Waals surface area contributed by atoms with Crippen LogP contribution in [0.4, 0.5) is 0 Å². The molecule has 1 heterocycles. The highest BCUT2D eigenvalue weighted by Crippen LogP contribution is 2.09. The van der Waals surface area contributed by atoms with E-state index < -0.39 is 0 Å². The molecule has 80 valence electrons. The summed E-state index contributed by atoms with van der Waals surface area (Å²) in [6, 6.07) is 0.287. The molecule has 0 aromatic carbocycles. The van der Waals surface area contributed by atoms with Crippen molar-refractivity contribution in [3.63, 3.8) is 0 Å². The molecule has 0 saturated carbocycles. The summed E-state index contributed by atoms with van der Waals surface area (Å²) in [6.45, 7) is 4.84. The summed E-state index contributed by atoms with van der Waals surface area (Å²) in [6.07, 6.45) is 0. The van der Waals surface area contributed by atoms with Crippen molar-refractivity contribution in [2.75, 3.05) is 24.6 Å². The van der Waals surface area contributed by atoms with E-state index in [2.05, 4.69) is 19.2 Å². The van der Waals surface area contributed by atoms with Gasteiger partial charge in [-0.15, -0.1) is 0 Å². The van der Waals surface area contributed by atoms with Gasteiger partial charge in [0.25, 0.3) is 0 Å². The molecule has 2 amide bonds. The van der Waals surface area contributed by atoms with Crippen LogP contribution in [0.15, 0.2) is 0 Å². The van der Waals surface area contributed by atoms with Gasteiger partial charge in [0.1, 0.15) is 0 Å². The molecule has 1 atom stereocenters. The van der Waals surface area contributed by atoms with Crippen molar-refractivity contribution in [3.8, 4) is 0 Å². The van der Waals surface area contributed by atoms with Crippen LogP contribution in [0.3, 0.4) is 0 Å². The minimum atomic E-state index is -0.186. The molecule has 0 aliphatic carbocycles. The third-order valence-electron chi connectivity index (χ3n) is 2.16. The summed E-state index contributed by atoms with van der Waals surface area (Å²) in [7, 11) is 0. The summed E-state index contributed by atoms with van der Waals surface area (Å²) in [5.74, 6) is 1.67. The zero-order chi connectivity index (χ0) is 10.6. The maximum atomic E-state index is 11.1. The first-order valence-corrected chi connectivity index (χ1v) is 5.93. The molecule has 1 fully saturated rings. The van der Waals surface area contributed by atoms with Crippen molar-refractivity contribution in [2.45, 2.75) is 19.9 Å². The number of hydrogen-bond acceptors (Lipinski definition) is 4. The molecule has 0 aromatic rings.